The fourth-order valence-electron chi connectivity index (χ4n) is 5.59. The first-order chi connectivity index (χ1) is 28.4. The summed E-state index contributed by atoms with van der Waals surface area (Å²) in [5, 5.41) is 18.6. The number of benzene rings is 4. The maximum atomic E-state index is 12.9. The average Bonchev–Trinajstić information content (AvgIpc) is 3.28. The van der Waals surface area contributed by atoms with Crippen molar-refractivity contribution in [3.8, 4) is 0 Å². The first-order valence-corrected chi connectivity index (χ1v) is 21.9. The summed E-state index contributed by atoms with van der Waals surface area (Å²) in [6, 6.07) is 33.4. The van der Waals surface area contributed by atoms with Crippen LogP contribution >= 0.6 is 20.2 Å². The molecule has 1 heterocycles. The van der Waals surface area contributed by atoms with E-state index < -0.39 is 36.0 Å². The van der Waals surface area contributed by atoms with Gasteiger partial charge in [0.2, 0.25) is 0 Å². The molecule has 0 bridgehead atoms. The van der Waals surface area contributed by atoms with Crippen LogP contribution in [0, 0.1) is 0 Å². The Kier molecular flexibility index (Phi) is 21.9. The number of carbonyl (C=O) groups is 4. The quantitative estimate of drug-likeness (QED) is 0.0856. The van der Waals surface area contributed by atoms with Crippen molar-refractivity contribution in [1.29, 1.82) is 0 Å². The first-order valence-electron chi connectivity index (χ1n) is 18.7. The van der Waals surface area contributed by atoms with Crippen LogP contribution in [0.25, 0.3) is 5.32 Å². The Morgan fingerprint density at radius 3 is 1.29 bits per heavy atom. The predicted octanol–water partition coefficient (Wildman–Crippen LogP) is 5.01. The van der Waals surface area contributed by atoms with Crippen LogP contribution in [0.1, 0.15) is 41.4 Å². The number of nitrogens with zero attached hydrogens (tertiary/aromatic N) is 1. The van der Waals surface area contributed by atoms with Gasteiger partial charge in [-0.05, 0) is 55.1 Å². The van der Waals surface area contributed by atoms with E-state index in [2.05, 4.69) is 21.3 Å². The van der Waals surface area contributed by atoms with Crippen molar-refractivity contribution >= 4 is 44.1 Å². The van der Waals surface area contributed by atoms with E-state index in [0.717, 1.165) is 0 Å². The molecular weight excluding hydrogens is 828 g/mol. The third kappa shape index (κ3) is 17.7. The molecule has 4 atom stereocenters. The average molecular weight is 877 g/mol. The summed E-state index contributed by atoms with van der Waals surface area (Å²) in [7, 11) is 9.59. The number of halogens is 2. The second-order valence-corrected chi connectivity index (χ2v) is 14.9. The SMILES string of the molecule is O=C(OC[C@@H]1CN[C@H](COC(=O)c2ccccc2)CN[C@H](COC(=O)c2ccccc2)CNCCN[C@H](COC(=O)c2ccccc2)C[N-]1)c1ccccc1.[Cl][Mn][Cl]. The molecule has 0 aliphatic carbocycles. The van der Waals surface area contributed by atoms with Crippen molar-refractivity contribution in [2.24, 2.45) is 0 Å². The standard InChI is InChI=1S/C42H48N5O8.2ClH.Mn/c48-39(31-13-5-1-6-14-31)52-27-35-23-43-21-22-44-36(28-53-40(49)32-15-7-2-8-16-32)24-46-38(30-55-42(51)34-19-11-4-12-20-34)26-47-37(25-45-35)29-54-41(50)33-17-9-3-10-18-33;;;/h1-20,35-38,43-45,47H,21-30H2;2*1H;/q-1;;;+2/p-2/t35-,36-,37-,38-;;;/m0.../s1. The summed E-state index contributed by atoms with van der Waals surface area (Å²) in [5.74, 6) is -1.83. The van der Waals surface area contributed by atoms with Crippen LogP contribution in [-0.2, 0) is 32.1 Å². The Labute approximate surface area is 353 Å². The molecule has 16 heteroatoms. The molecule has 13 nitrogen and oxygen atoms in total. The molecule has 1 fully saturated rings. The molecule has 0 unspecified atom stereocenters. The maximum absolute atomic E-state index is 12.9. The van der Waals surface area contributed by atoms with Gasteiger partial charge < -0.3 is 45.5 Å². The van der Waals surface area contributed by atoms with Crippen LogP contribution < -0.4 is 21.3 Å². The van der Waals surface area contributed by atoms with Crippen molar-refractivity contribution in [2.75, 3.05) is 65.7 Å². The van der Waals surface area contributed by atoms with Gasteiger partial charge in [-0.2, -0.15) is 0 Å². The number of hydrogen-bond donors (Lipinski definition) is 4. The van der Waals surface area contributed by atoms with Gasteiger partial charge in [-0.1, -0.05) is 78.8 Å². The Balaban J connectivity index is 0.00000240. The predicted molar refractivity (Wildman–Crippen MR) is 219 cm³/mol. The van der Waals surface area contributed by atoms with Gasteiger partial charge >= 0.3 is 57.2 Å². The molecule has 0 aromatic heterocycles. The molecule has 1 saturated heterocycles. The topological polar surface area (TPSA) is 167 Å². The molecule has 0 saturated carbocycles. The van der Waals surface area contributed by atoms with Gasteiger partial charge in [-0.3, -0.25) is 0 Å². The third-order valence-corrected chi connectivity index (χ3v) is 8.70. The molecule has 0 amide bonds. The first kappa shape index (κ1) is 46.4. The van der Waals surface area contributed by atoms with Crippen LogP contribution in [0.15, 0.2) is 121 Å². The normalized spacial score (nSPS) is 19.1. The number of nitrogens with one attached hydrogen (secondary N) is 4. The Bertz CT molecular complexity index is 1660. The number of hydrogen-bond acceptors (Lipinski definition) is 12. The molecular formula is C42H48Cl2MnN5O8-. The molecule has 4 aromatic carbocycles. The second-order valence-electron chi connectivity index (χ2n) is 13.0. The van der Waals surface area contributed by atoms with Crippen LogP contribution in [0.2, 0.25) is 0 Å². The van der Waals surface area contributed by atoms with Crippen LogP contribution in [0.5, 0.6) is 0 Å². The summed E-state index contributed by atoms with van der Waals surface area (Å²) < 4.78 is 22.8. The van der Waals surface area contributed by atoms with E-state index in [4.69, 9.17) is 44.5 Å². The zero-order valence-corrected chi connectivity index (χ0v) is 34.5. The number of rotatable bonds is 12. The van der Waals surface area contributed by atoms with Gasteiger partial charge in [0.05, 0.1) is 40.9 Å². The Hall–Kier alpha value is -4.34. The fourth-order valence-corrected chi connectivity index (χ4v) is 5.59. The molecule has 0 spiro atoms. The van der Waals surface area contributed by atoms with E-state index in [1.165, 1.54) is 0 Å². The van der Waals surface area contributed by atoms with Crippen molar-refractivity contribution in [1.82, 2.24) is 21.3 Å². The number of carbonyl (C=O) groups excluding carboxylic acids is 4. The van der Waals surface area contributed by atoms with E-state index in [9.17, 15) is 19.2 Å². The third-order valence-electron chi connectivity index (χ3n) is 8.70. The van der Waals surface area contributed by atoms with Gasteiger partial charge in [-0.25, -0.2) is 19.2 Å². The van der Waals surface area contributed by atoms with Crippen LogP contribution in [-0.4, -0.2) is 114 Å². The molecule has 4 aromatic rings. The summed E-state index contributed by atoms with van der Waals surface area (Å²) in [6.07, 6.45) is 0. The van der Waals surface area contributed by atoms with E-state index in [1.807, 2.05) is 24.3 Å². The van der Waals surface area contributed by atoms with Crippen LogP contribution in [0.3, 0.4) is 0 Å². The van der Waals surface area contributed by atoms with Gasteiger partial charge in [0, 0.05) is 32.2 Å². The molecule has 4 N–H and O–H groups in total. The molecule has 311 valence electrons. The second kappa shape index (κ2) is 27.4. The van der Waals surface area contributed by atoms with Crippen molar-refractivity contribution < 1.29 is 51.3 Å². The summed E-state index contributed by atoms with van der Waals surface area (Å²) >= 11 is 0.00694. The Morgan fingerprint density at radius 1 is 0.500 bits per heavy atom. The van der Waals surface area contributed by atoms with Gasteiger partial charge in [0.15, 0.2) is 0 Å². The minimum absolute atomic E-state index is 0.00694. The summed E-state index contributed by atoms with van der Waals surface area (Å²) in [5.41, 5.74) is 1.74. The van der Waals surface area contributed by atoms with Gasteiger partial charge in [0.25, 0.3) is 0 Å². The van der Waals surface area contributed by atoms with Gasteiger partial charge in [0.1, 0.15) is 19.8 Å². The number of ether oxygens (including phenoxy) is 4. The molecule has 58 heavy (non-hydrogen) atoms. The zero-order valence-electron chi connectivity index (χ0n) is 31.8. The zero-order chi connectivity index (χ0) is 41.2. The molecule has 1 aliphatic heterocycles. The van der Waals surface area contributed by atoms with Crippen molar-refractivity contribution in [3.05, 3.63) is 149 Å². The fraction of sp³-hybridized carbons (Fsp3) is 0.333. The molecule has 1 aliphatic rings. The summed E-state index contributed by atoms with van der Waals surface area (Å²) in [4.78, 5) is 51.4. The minimum atomic E-state index is -0.514. The van der Waals surface area contributed by atoms with E-state index in [1.54, 1.807) is 97.1 Å². The van der Waals surface area contributed by atoms with Crippen LogP contribution in [0.4, 0.5) is 0 Å². The van der Waals surface area contributed by atoms with E-state index >= 15 is 0 Å². The van der Waals surface area contributed by atoms with E-state index in [-0.39, 0.29) is 64.7 Å². The molecule has 5 rings (SSSR count). The van der Waals surface area contributed by atoms with Crippen molar-refractivity contribution in [2.45, 2.75) is 24.2 Å². The monoisotopic (exact) mass is 875 g/mol. The Morgan fingerprint density at radius 2 is 0.862 bits per heavy atom. The summed E-state index contributed by atoms with van der Waals surface area (Å²) in [6.45, 7) is 2.49. The van der Waals surface area contributed by atoms with Crippen molar-refractivity contribution in [3.63, 3.8) is 0 Å². The van der Waals surface area contributed by atoms with E-state index in [0.29, 0.717) is 48.4 Å². The van der Waals surface area contributed by atoms with Gasteiger partial charge in [-0.15, -0.1) is 6.54 Å². The number of esters is 4. The molecule has 0 radical (unpaired) electrons.